The van der Waals surface area contributed by atoms with Crippen LogP contribution in [0.3, 0.4) is 0 Å². The molecule has 0 saturated heterocycles. The van der Waals surface area contributed by atoms with Gasteiger partial charge in [0.05, 0.1) is 28.9 Å². The van der Waals surface area contributed by atoms with E-state index < -0.39 is 28.3 Å². The Hall–Kier alpha value is -3.14. The lowest BCUT2D eigenvalue weighted by atomic mass is 10.2. The summed E-state index contributed by atoms with van der Waals surface area (Å²) in [6.07, 6.45) is 1.04. The SMILES string of the molecule is COc1ccc(S(=O)(=O)N(CC(=O)N/N=C\c2c(F)cccc2Cl)c2ccc(Cl)cc2)cc1. The average molecular weight is 510 g/mol. The van der Waals surface area contributed by atoms with Crippen molar-refractivity contribution >= 4 is 51.0 Å². The number of carbonyl (C=O) groups is 1. The van der Waals surface area contributed by atoms with E-state index in [9.17, 15) is 17.6 Å². The largest absolute Gasteiger partial charge is 0.497 e. The summed E-state index contributed by atoms with van der Waals surface area (Å²) in [5.74, 6) is -0.901. The number of ether oxygens (including phenoxy) is 1. The predicted octanol–water partition coefficient (Wildman–Crippen LogP) is 4.49. The summed E-state index contributed by atoms with van der Waals surface area (Å²) in [5, 5.41) is 4.20. The van der Waals surface area contributed by atoms with Crippen molar-refractivity contribution in [3.8, 4) is 5.75 Å². The van der Waals surface area contributed by atoms with Gasteiger partial charge in [-0.1, -0.05) is 29.3 Å². The van der Waals surface area contributed by atoms with E-state index in [1.807, 2.05) is 0 Å². The molecule has 1 amide bonds. The van der Waals surface area contributed by atoms with E-state index in [1.54, 1.807) is 0 Å². The molecule has 0 spiro atoms. The third kappa shape index (κ3) is 6.01. The number of rotatable bonds is 8. The second kappa shape index (κ2) is 10.7. The van der Waals surface area contributed by atoms with Gasteiger partial charge in [-0.2, -0.15) is 5.10 Å². The Morgan fingerprint density at radius 1 is 1.09 bits per heavy atom. The van der Waals surface area contributed by atoms with Crippen LogP contribution in [0.4, 0.5) is 10.1 Å². The number of hydrogen-bond donors (Lipinski definition) is 1. The quantitative estimate of drug-likeness (QED) is 0.358. The normalized spacial score (nSPS) is 11.4. The molecule has 11 heteroatoms. The first-order chi connectivity index (χ1) is 15.7. The zero-order chi connectivity index (χ0) is 24.0. The van der Waals surface area contributed by atoms with Gasteiger partial charge in [0.2, 0.25) is 0 Å². The molecule has 0 radical (unpaired) electrons. The average Bonchev–Trinajstić information content (AvgIpc) is 2.80. The second-order valence-corrected chi connectivity index (χ2v) is 9.30. The van der Waals surface area contributed by atoms with Gasteiger partial charge in [0.25, 0.3) is 15.9 Å². The Morgan fingerprint density at radius 2 is 1.76 bits per heavy atom. The van der Waals surface area contributed by atoms with Crippen molar-refractivity contribution < 1.29 is 22.3 Å². The summed E-state index contributed by atoms with van der Waals surface area (Å²) in [6, 6.07) is 15.8. The van der Waals surface area contributed by atoms with Crippen LogP contribution in [-0.4, -0.2) is 34.2 Å². The molecule has 0 unspecified atom stereocenters. The van der Waals surface area contributed by atoms with Crippen LogP contribution in [0.25, 0.3) is 0 Å². The number of methoxy groups -OCH3 is 1. The number of anilines is 1. The third-order valence-electron chi connectivity index (χ3n) is 4.43. The summed E-state index contributed by atoms with van der Waals surface area (Å²) in [7, 11) is -2.68. The van der Waals surface area contributed by atoms with E-state index in [0.29, 0.717) is 10.8 Å². The topological polar surface area (TPSA) is 88.1 Å². The van der Waals surface area contributed by atoms with Crippen molar-refractivity contribution in [1.29, 1.82) is 0 Å². The first kappa shape index (κ1) is 24.5. The van der Waals surface area contributed by atoms with Gasteiger partial charge in [-0.15, -0.1) is 0 Å². The number of nitrogens with zero attached hydrogens (tertiary/aromatic N) is 2. The fourth-order valence-electron chi connectivity index (χ4n) is 2.77. The minimum Gasteiger partial charge on any atom is -0.497 e. The summed E-state index contributed by atoms with van der Waals surface area (Å²) >= 11 is 11.8. The van der Waals surface area contributed by atoms with Gasteiger partial charge < -0.3 is 4.74 Å². The molecule has 0 aromatic heterocycles. The fraction of sp³-hybridized carbons (Fsp3) is 0.0909. The maximum Gasteiger partial charge on any atom is 0.264 e. The monoisotopic (exact) mass is 509 g/mol. The van der Waals surface area contributed by atoms with Crippen LogP contribution in [0.5, 0.6) is 5.75 Å². The van der Waals surface area contributed by atoms with Crippen molar-refractivity contribution in [1.82, 2.24) is 5.43 Å². The van der Waals surface area contributed by atoms with Crippen LogP contribution in [0.1, 0.15) is 5.56 Å². The van der Waals surface area contributed by atoms with Crippen LogP contribution in [0.15, 0.2) is 76.7 Å². The number of benzene rings is 3. The lowest BCUT2D eigenvalue weighted by molar-refractivity contribution is -0.119. The molecule has 1 N–H and O–H groups in total. The van der Waals surface area contributed by atoms with Crippen molar-refractivity contribution in [3.05, 3.63) is 88.2 Å². The zero-order valence-electron chi connectivity index (χ0n) is 17.2. The first-order valence-electron chi connectivity index (χ1n) is 9.40. The van der Waals surface area contributed by atoms with Crippen molar-refractivity contribution in [2.24, 2.45) is 5.10 Å². The van der Waals surface area contributed by atoms with Gasteiger partial charge in [-0.3, -0.25) is 9.10 Å². The summed E-state index contributed by atoms with van der Waals surface area (Å²) < 4.78 is 46.4. The standard InChI is InChI=1S/C22H18Cl2FN3O4S/c1-32-17-9-11-18(12-10-17)33(30,31)28(16-7-5-15(23)6-8-16)14-22(29)27-26-13-19-20(24)3-2-4-21(19)25/h2-13H,14H2,1H3,(H,27,29)/b26-13-. The summed E-state index contributed by atoms with van der Waals surface area (Å²) in [6.45, 7) is -0.599. The molecular weight excluding hydrogens is 492 g/mol. The van der Waals surface area contributed by atoms with Gasteiger partial charge >= 0.3 is 0 Å². The maximum absolute atomic E-state index is 13.8. The minimum absolute atomic E-state index is 0.0140. The molecule has 0 saturated carbocycles. The van der Waals surface area contributed by atoms with Crippen LogP contribution in [0.2, 0.25) is 10.0 Å². The molecule has 33 heavy (non-hydrogen) atoms. The van der Waals surface area contributed by atoms with Crippen LogP contribution >= 0.6 is 23.2 Å². The smallest absolute Gasteiger partial charge is 0.264 e. The van der Waals surface area contributed by atoms with Crippen molar-refractivity contribution in [2.75, 3.05) is 18.0 Å². The number of hydrazone groups is 1. The zero-order valence-corrected chi connectivity index (χ0v) is 19.5. The van der Waals surface area contributed by atoms with Crippen LogP contribution < -0.4 is 14.5 Å². The highest BCUT2D eigenvalue weighted by molar-refractivity contribution is 7.92. The fourth-order valence-corrected chi connectivity index (χ4v) is 4.52. The molecule has 3 rings (SSSR count). The molecule has 172 valence electrons. The maximum atomic E-state index is 13.8. The third-order valence-corrected chi connectivity index (χ3v) is 6.80. The van der Waals surface area contributed by atoms with Gasteiger partial charge in [-0.25, -0.2) is 18.2 Å². The Morgan fingerprint density at radius 3 is 2.36 bits per heavy atom. The Labute approximate surface area is 200 Å². The molecular formula is C22H18Cl2FN3O4S. The molecule has 0 atom stereocenters. The minimum atomic E-state index is -4.14. The molecule has 7 nitrogen and oxygen atoms in total. The molecule has 0 aliphatic rings. The summed E-state index contributed by atoms with van der Waals surface area (Å²) in [4.78, 5) is 12.5. The lowest BCUT2D eigenvalue weighted by Crippen LogP contribution is -2.39. The Bertz CT molecular complexity index is 1250. The van der Waals surface area contributed by atoms with Gasteiger partial charge in [0, 0.05) is 10.6 Å². The highest BCUT2D eigenvalue weighted by atomic mass is 35.5. The predicted molar refractivity (Wildman–Crippen MR) is 126 cm³/mol. The molecule has 0 bridgehead atoms. The summed E-state index contributed by atoms with van der Waals surface area (Å²) in [5.41, 5.74) is 2.39. The van der Waals surface area contributed by atoms with E-state index >= 15 is 0 Å². The van der Waals surface area contributed by atoms with Crippen molar-refractivity contribution in [3.63, 3.8) is 0 Å². The second-order valence-electron chi connectivity index (χ2n) is 6.59. The van der Waals surface area contributed by atoms with Crippen LogP contribution in [0, 0.1) is 5.82 Å². The number of amides is 1. The number of halogens is 3. The van der Waals surface area contributed by atoms with Gasteiger partial charge in [0.15, 0.2) is 0 Å². The number of sulfonamides is 1. The molecule has 0 fully saturated rings. The van der Waals surface area contributed by atoms with Crippen molar-refractivity contribution in [2.45, 2.75) is 4.90 Å². The first-order valence-corrected chi connectivity index (χ1v) is 11.6. The molecule has 3 aromatic carbocycles. The lowest BCUT2D eigenvalue weighted by Gasteiger charge is -2.23. The Kier molecular flexibility index (Phi) is 7.91. The molecule has 0 aliphatic heterocycles. The van der Waals surface area contributed by atoms with E-state index in [0.717, 1.165) is 10.5 Å². The number of nitrogens with one attached hydrogen (secondary N) is 1. The highest BCUT2D eigenvalue weighted by Gasteiger charge is 2.27. The van der Waals surface area contributed by atoms with Gasteiger partial charge in [-0.05, 0) is 60.7 Å². The van der Waals surface area contributed by atoms with E-state index in [2.05, 4.69) is 10.5 Å². The van der Waals surface area contributed by atoms with E-state index in [4.69, 9.17) is 27.9 Å². The molecule has 0 aliphatic carbocycles. The molecule has 3 aromatic rings. The van der Waals surface area contributed by atoms with Crippen LogP contribution in [-0.2, 0) is 14.8 Å². The molecule has 0 heterocycles. The van der Waals surface area contributed by atoms with E-state index in [1.165, 1.54) is 73.8 Å². The Balaban J connectivity index is 1.86. The number of hydrogen-bond acceptors (Lipinski definition) is 5. The highest BCUT2D eigenvalue weighted by Crippen LogP contribution is 2.26. The number of carbonyl (C=O) groups excluding carboxylic acids is 1. The van der Waals surface area contributed by atoms with E-state index in [-0.39, 0.29) is 21.2 Å². The van der Waals surface area contributed by atoms with Gasteiger partial charge in [0.1, 0.15) is 18.1 Å².